The zero-order valence-corrected chi connectivity index (χ0v) is 22.3. The number of hydrazine groups is 1. The van der Waals surface area contributed by atoms with Gasteiger partial charge >= 0.3 is 0 Å². The summed E-state index contributed by atoms with van der Waals surface area (Å²) in [5.41, 5.74) is 12.0. The standard InChI is InChI=1S/C28H27N5O6S/c1-39-19-11-13-20(14-12-19)40(37,38)33-24(15-16-26(29)34)28(36)32-31-27(35)22-17-25(18-7-3-2-4-8-18)30-23-10-6-5-9-21(22)23/h2-14,17,24,33H,15-16H2,1H3,(H2,29,34)(H,31,35)(H,32,36). The van der Waals surface area contributed by atoms with Gasteiger partial charge in [0.2, 0.25) is 15.9 Å². The minimum Gasteiger partial charge on any atom is -0.497 e. The van der Waals surface area contributed by atoms with Gasteiger partial charge in [-0.05, 0) is 42.8 Å². The van der Waals surface area contributed by atoms with E-state index >= 15 is 0 Å². The van der Waals surface area contributed by atoms with Gasteiger partial charge in [0.15, 0.2) is 0 Å². The zero-order valence-electron chi connectivity index (χ0n) is 21.5. The first-order valence-corrected chi connectivity index (χ1v) is 13.7. The molecule has 0 saturated carbocycles. The molecule has 0 saturated heterocycles. The number of pyridine rings is 1. The maximum absolute atomic E-state index is 13.2. The van der Waals surface area contributed by atoms with Crippen molar-refractivity contribution in [3.63, 3.8) is 0 Å². The lowest BCUT2D eigenvalue weighted by Crippen LogP contribution is -2.52. The first-order valence-electron chi connectivity index (χ1n) is 12.2. The number of nitrogens with one attached hydrogen (secondary N) is 3. The normalized spacial score (nSPS) is 11.9. The monoisotopic (exact) mass is 561 g/mol. The number of nitrogens with zero attached hydrogens (tertiary/aromatic N) is 1. The second-order valence-corrected chi connectivity index (χ2v) is 10.4. The van der Waals surface area contributed by atoms with Gasteiger partial charge in [0.1, 0.15) is 11.8 Å². The van der Waals surface area contributed by atoms with E-state index in [-0.39, 0.29) is 23.3 Å². The third-order valence-corrected chi connectivity index (χ3v) is 7.48. The molecule has 0 spiro atoms. The van der Waals surface area contributed by atoms with Crippen LogP contribution in [-0.2, 0) is 19.6 Å². The molecule has 0 aliphatic heterocycles. The summed E-state index contributed by atoms with van der Waals surface area (Å²) in [6, 6.07) is 22.1. The Balaban J connectivity index is 1.54. The van der Waals surface area contributed by atoms with E-state index in [1.54, 1.807) is 30.3 Å². The van der Waals surface area contributed by atoms with Gasteiger partial charge in [-0.3, -0.25) is 25.2 Å². The van der Waals surface area contributed by atoms with Crippen molar-refractivity contribution < 1.29 is 27.5 Å². The van der Waals surface area contributed by atoms with Crippen LogP contribution in [0.25, 0.3) is 22.2 Å². The topological polar surface area (TPSA) is 170 Å². The fraction of sp³-hybridized carbons (Fsp3) is 0.143. The summed E-state index contributed by atoms with van der Waals surface area (Å²) >= 11 is 0. The van der Waals surface area contributed by atoms with Crippen molar-refractivity contribution in [2.75, 3.05) is 7.11 Å². The number of nitrogens with two attached hydrogens (primary N) is 1. The summed E-state index contributed by atoms with van der Waals surface area (Å²) in [4.78, 5) is 42.1. The van der Waals surface area contributed by atoms with Crippen LogP contribution in [-0.4, -0.2) is 44.3 Å². The van der Waals surface area contributed by atoms with Crippen molar-refractivity contribution >= 4 is 38.6 Å². The van der Waals surface area contributed by atoms with Crippen LogP contribution in [0, 0.1) is 0 Å². The van der Waals surface area contributed by atoms with E-state index in [1.165, 1.54) is 31.4 Å². The molecular formula is C28H27N5O6S. The Morgan fingerprint density at radius 3 is 2.27 bits per heavy atom. The van der Waals surface area contributed by atoms with E-state index in [2.05, 4.69) is 20.6 Å². The molecule has 40 heavy (non-hydrogen) atoms. The van der Waals surface area contributed by atoms with E-state index in [1.807, 2.05) is 30.3 Å². The van der Waals surface area contributed by atoms with E-state index < -0.39 is 33.8 Å². The largest absolute Gasteiger partial charge is 0.497 e. The second kappa shape index (κ2) is 12.4. The average molecular weight is 562 g/mol. The fourth-order valence-corrected chi connectivity index (χ4v) is 5.16. The predicted octanol–water partition coefficient (Wildman–Crippen LogP) is 2.28. The van der Waals surface area contributed by atoms with Crippen LogP contribution in [0.5, 0.6) is 5.75 Å². The number of benzene rings is 3. The van der Waals surface area contributed by atoms with Crippen LogP contribution in [0.3, 0.4) is 0 Å². The first kappa shape index (κ1) is 28.2. The van der Waals surface area contributed by atoms with Crippen LogP contribution >= 0.6 is 0 Å². The first-order chi connectivity index (χ1) is 19.2. The molecule has 1 unspecified atom stereocenters. The maximum Gasteiger partial charge on any atom is 0.270 e. The van der Waals surface area contributed by atoms with Gasteiger partial charge in [-0.25, -0.2) is 13.4 Å². The Morgan fingerprint density at radius 1 is 0.925 bits per heavy atom. The quantitative estimate of drug-likeness (QED) is 0.215. The number of amides is 3. The molecular weight excluding hydrogens is 534 g/mol. The number of para-hydroxylation sites is 1. The average Bonchev–Trinajstić information content (AvgIpc) is 2.97. The van der Waals surface area contributed by atoms with Gasteiger partial charge in [0.25, 0.3) is 11.8 Å². The number of aromatic nitrogens is 1. The van der Waals surface area contributed by atoms with Crippen molar-refractivity contribution in [3.8, 4) is 17.0 Å². The minimum atomic E-state index is -4.17. The molecule has 3 aromatic carbocycles. The Bertz CT molecular complexity index is 1640. The van der Waals surface area contributed by atoms with Crippen molar-refractivity contribution in [2.24, 2.45) is 5.73 Å². The number of fused-ring (bicyclic) bond motifs is 1. The third-order valence-electron chi connectivity index (χ3n) is 5.99. The van der Waals surface area contributed by atoms with E-state index in [4.69, 9.17) is 10.5 Å². The van der Waals surface area contributed by atoms with Gasteiger partial charge in [0, 0.05) is 17.4 Å². The highest BCUT2D eigenvalue weighted by molar-refractivity contribution is 7.89. The lowest BCUT2D eigenvalue weighted by molar-refractivity contribution is -0.124. The molecule has 1 heterocycles. The van der Waals surface area contributed by atoms with Crippen molar-refractivity contribution in [3.05, 3.63) is 90.5 Å². The van der Waals surface area contributed by atoms with Gasteiger partial charge in [-0.2, -0.15) is 4.72 Å². The number of hydrogen-bond acceptors (Lipinski definition) is 7. The molecule has 0 radical (unpaired) electrons. The van der Waals surface area contributed by atoms with Gasteiger partial charge in [-0.1, -0.05) is 48.5 Å². The summed E-state index contributed by atoms with van der Waals surface area (Å²) in [6.45, 7) is 0. The Hall–Kier alpha value is -4.81. The molecule has 4 rings (SSSR count). The predicted molar refractivity (Wildman–Crippen MR) is 148 cm³/mol. The molecule has 0 aliphatic rings. The Morgan fingerprint density at radius 2 is 1.60 bits per heavy atom. The summed E-state index contributed by atoms with van der Waals surface area (Å²) in [6.07, 6.45) is -0.505. The highest BCUT2D eigenvalue weighted by atomic mass is 32.2. The van der Waals surface area contributed by atoms with Crippen LogP contribution in [0.1, 0.15) is 23.2 Å². The summed E-state index contributed by atoms with van der Waals surface area (Å²) in [5, 5.41) is 0.555. The number of carbonyl (C=O) groups is 3. The third kappa shape index (κ3) is 6.79. The number of carbonyl (C=O) groups excluding carboxylic acids is 3. The zero-order chi connectivity index (χ0) is 28.7. The summed E-state index contributed by atoms with van der Waals surface area (Å²) < 4.78 is 33.2. The van der Waals surface area contributed by atoms with Crippen LogP contribution < -0.4 is 26.0 Å². The number of sulfonamides is 1. The molecule has 3 amide bonds. The molecule has 1 aromatic heterocycles. The van der Waals surface area contributed by atoms with E-state index in [9.17, 15) is 22.8 Å². The van der Waals surface area contributed by atoms with E-state index in [0.717, 1.165) is 5.56 Å². The van der Waals surface area contributed by atoms with Crippen LogP contribution in [0.15, 0.2) is 89.8 Å². The molecule has 11 nitrogen and oxygen atoms in total. The number of methoxy groups -OCH3 is 1. The number of ether oxygens (including phenoxy) is 1. The molecule has 0 bridgehead atoms. The SMILES string of the molecule is COc1ccc(S(=O)(=O)NC(CCC(N)=O)C(=O)NNC(=O)c2cc(-c3ccccc3)nc3ccccc23)cc1. The van der Waals surface area contributed by atoms with Crippen molar-refractivity contribution in [2.45, 2.75) is 23.8 Å². The molecule has 0 aliphatic carbocycles. The Labute approximate surface area is 230 Å². The minimum absolute atomic E-state index is 0.120. The molecule has 5 N–H and O–H groups in total. The molecule has 0 fully saturated rings. The number of hydrogen-bond donors (Lipinski definition) is 4. The highest BCUT2D eigenvalue weighted by Gasteiger charge is 2.27. The lowest BCUT2D eigenvalue weighted by atomic mass is 10.0. The van der Waals surface area contributed by atoms with Crippen molar-refractivity contribution in [1.29, 1.82) is 0 Å². The smallest absolute Gasteiger partial charge is 0.270 e. The number of primary amides is 1. The van der Waals surface area contributed by atoms with Gasteiger partial charge in [0.05, 0.1) is 28.8 Å². The van der Waals surface area contributed by atoms with E-state index in [0.29, 0.717) is 22.3 Å². The fourth-order valence-electron chi connectivity index (χ4n) is 3.93. The summed E-state index contributed by atoms with van der Waals surface area (Å²) in [7, 11) is -2.73. The van der Waals surface area contributed by atoms with Crippen LogP contribution in [0.2, 0.25) is 0 Å². The highest BCUT2D eigenvalue weighted by Crippen LogP contribution is 2.24. The van der Waals surface area contributed by atoms with Gasteiger partial charge < -0.3 is 10.5 Å². The lowest BCUT2D eigenvalue weighted by Gasteiger charge is -2.19. The maximum atomic E-state index is 13.2. The van der Waals surface area contributed by atoms with Gasteiger partial charge in [-0.15, -0.1) is 0 Å². The van der Waals surface area contributed by atoms with Crippen molar-refractivity contribution in [1.82, 2.24) is 20.6 Å². The summed E-state index contributed by atoms with van der Waals surface area (Å²) in [5.74, 6) is -1.80. The molecule has 1 atom stereocenters. The molecule has 206 valence electrons. The second-order valence-electron chi connectivity index (χ2n) is 8.74. The Kier molecular flexibility index (Phi) is 8.72. The number of rotatable bonds is 10. The van der Waals surface area contributed by atoms with Crippen LogP contribution in [0.4, 0.5) is 0 Å². The molecule has 12 heteroatoms. The molecule has 4 aromatic rings.